The van der Waals surface area contributed by atoms with Gasteiger partial charge in [-0.1, -0.05) is 34.6 Å². The van der Waals surface area contributed by atoms with E-state index >= 15 is 0 Å². The first-order chi connectivity index (χ1) is 9.70. The van der Waals surface area contributed by atoms with Gasteiger partial charge in [-0.25, -0.2) is 9.78 Å². The van der Waals surface area contributed by atoms with Crippen LogP contribution in [0.15, 0.2) is 5.38 Å². The summed E-state index contributed by atoms with van der Waals surface area (Å²) in [5.74, 6) is -0.0126. The maximum Gasteiger partial charge on any atom is 0.324 e. The molecule has 1 N–H and O–H groups in total. The molecule has 1 atom stereocenters. The minimum atomic E-state index is -0.390. The zero-order valence-corrected chi connectivity index (χ0v) is 14.1. The van der Waals surface area contributed by atoms with Gasteiger partial charge in [-0.05, 0) is 5.92 Å². The number of hydrogen-bond acceptors (Lipinski definition) is 4. The Morgan fingerprint density at radius 2 is 2.05 bits per heavy atom. The molecule has 2 rings (SSSR count). The van der Waals surface area contributed by atoms with Crippen molar-refractivity contribution in [2.75, 3.05) is 6.54 Å². The van der Waals surface area contributed by atoms with Crippen LogP contribution in [-0.2, 0) is 16.6 Å². The van der Waals surface area contributed by atoms with E-state index in [0.29, 0.717) is 13.0 Å². The summed E-state index contributed by atoms with van der Waals surface area (Å²) in [5.41, 5.74) is 1.08. The molecule has 0 saturated carbocycles. The smallest absolute Gasteiger partial charge is 0.324 e. The van der Waals surface area contributed by atoms with Gasteiger partial charge in [-0.15, -0.1) is 11.3 Å². The molecule has 0 bridgehead atoms. The first kappa shape index (κ1) is 15.9. The number of thiazole rings is 1. The van der Waals surface area contributed by atoms with Crippen LogP contribution in [-0.4, -0.2) is 34.4 Å². The minimum absolute atomic E-state index is 0.0261. The van der Waals surface area contributed by atoms with Crippen LogP contribution in [0.3, 0.4) is 0 Å². The summed E-state index contributed by atoms with van der Waals surface area (Å²) < 4.78 is 0. The number of carbonyl (C=O) groups excluding carboxylic acids is 2. The zero-order chi connectivity index (χ0) is 15.8. The van der Waals surface area contributed by atoms with Crippen molar-refractivity contribution in [3.8, 4) is 0 Å². The van der Waals surface area contributed by atoms with Gasteiger partial charge in [0.05, 0.1) is 10.7 Å². The number of hydrogen-bond donors (Lipinski definition) is 1. The van der Waals surface area contributed by atoms with Crippen molar-refractivity contribution in [3.05, 3.63) is 16.1 Å². The highest BCUT2D eigenvalue weighted by molar-refractivity contribution is 7.09. The molecule has 2 heterocycles. The Morgan fingerprint density at radius 3 is 2.52 bits per heavy atom. The molecule has 0 aromatic carbocycles. The van der Waals surface area contributed by atoms with Gasteiger partial charge in [0.1, 0.15) is 6.04 Å². The number of urea groups is 1. The predicted molar refractivity (Wildman–Crippen MR) is 83.4 cm³/mol. The maximum absolute atomic E-state index is 12.2. The van der Waals surface area contributed by atoms with Gasteiger partial charge in [-0.2, -0.15) is 0 Å². The van der Waals surface area contributed by atoms with Crippen molar-refractivity contribution >= 4 is 23.3 Å². The summed E-state index contributed by atoms with van der Waals surface area (Å²) in [7, 11) is 0. The Labute approximate surface area is 129 Å². The molecule has 1 fully saturated rings. The van der Waals surface area contributed by atoms with E-state index in [1.165, 1.54) is 4.90 Å². The largest absolute Gasteiger partial charge is 0.326 e. The quantitative estimate of drug-likeness (QED) is 0.870. The molecule has 6 heteroatoms. The van der Waals surface area contributed by atoms with Crippen molar-refractivity contribution in [1.29, 1.82) is 0 Å². The highest BCUT2D eigenvalue weighted by Gasteiger charge is 2.39. The van der Waals surface area contributed by atoms with E-state index in [1.54, 1.807) is 11.3 Å². The lowest BCUT2D eigenvalue weighted by Gasteiger charge is -2.15. The number of nitrogens with zero attached hydrogens (tertiary/aromatic N) is 2. The van der Waals surface area contributed by atoms with E-state index in [2.05, 4.69) is 36.5 Å². The van der Waals surface area contributed by atoms with Crippen molar-refractivity contribution in [1.82, 2.24) is 15.2 Å². The molecule has 5 nitrogen and oxygen atoms in total. The normalized spacial score (nSPS) is 19.5. The standard InChI is InChI=1S/C15H23N3O2S/c1-9(2)12-13(19)18(14(20)17-12)7-6-11-16-10(8-21-11)15(3,4)5/h8-9,12H,6-7H2,1-5H3,(H,17,20). The molecule has 1 aliphatic heterocycles. The van der Waals surface area contributed by atoms with E-state index < -0.39 is 0 Å². The van der Waals surface area contributed by atoms with Crippen LogP contribution < -0.4 is 5.32 Å². The van der Waals surface area contributed by atoms with E-state index in [9.17, 15) is 9.59 Å². The van der Waals surface area contributed by atoms with Gasteiger partial charge in [-0.3, -0.25) is 9.69 Å². The molecule has 0 aliphatic carbocycles. The average Bonchev–Trinajstić information content (AvgIpc) is 2.93. The first-order valence-electron chi connectivity index (χ1n) is 7.27. The molecule has 1 saturated heterocycles. The molecule has 116 valence electrons. The third kappa shape index (κ3) is 3.43. The third-order valence-corrected chi connectivity index (χ3v) is 4.50. The van der Waals surface area contributed by atoms with Gasteiger partial charge in [0.25, 0.3) is 5.91 Å². The molecule has 3 amide bonds. The van der Waals surface area contributed by atoms with Crippen molar-refractivity contribution in [3.63, 3.8) is 0 Å². The van der Waals surface area contributed by atoms with Crippen LogP contribution in [0.1, 0.15) is 45.3 Å². The lowest BCUT2D eigenvalue weighted by molar-refractivity contribution is -0.128. The third-order valence-electron chi connectivity index (χ3n) is 3.59. The number of imide groups is 1. The minimum Gasteiger partial charge on any atom is -0.326 e. The number of aromatic nitrogens is 1. The van der Waals surface area contributed by atoms with Crippen LogP contribution in [0.4, 0.5) is 4.79 Å². The highest BCUT2D eigenvalue weighted by Crippen LogP contribution is 2.24. The van der Waals surface area contributed by atoms with Gasteiger partial charge >= 0.3 is 6.03 Å². The van der Waals surface area contributed by atoms with E-state index in [-0.39, 0.29) is 29.3 Å². The fourth-order valence-electron chi connectivity index (χ4n) is 2.18. The molecule has 1 unspecified atom stereocenters. The Balaban J connectivity index is 1.99. The Kier molecular flexibility index (Phi) is 4.37. The second-order valence-electron chi connectivity index (χ2n) is 6.79. The molecule has 1 aromatic rings. The van der Waals surface area contributed by atoms with Gasteiger partial charge < -0.3 is 5.32 Å². The lowest BCUT2D eigenvalue weighted by Crippen LogP contribution is -2.35. The second-order valence-corrected chi connectivity index (χ2v) is 7.73. The summed E-state index contributed by atoms with van der Waals surface area (Å²) >= 11 is 1.59. The zero-order valence-electron chi connectivity index (χ0n) is 13.3. The number of amides is 3. The summed E-state index contributed by atoms with van der Waals surface area (Å²) in [4.78, 5) is 29.9. The van der Waals surface area contributed by atoms with E-state index in [4.69, 9.17) is 0 Å². The summed E-state index contributed by atoms with van der Waals surface area (Å²) in [6.07, 6.45) is 0.616. The molecule has 1 aromatic heterocycles. The number of carbonyl (C=O) groups is 2. The summed E-state index contributed by atoms with van der Waals surface area (Å²) in [5, 5.41) is 5.76. The molecule has 1 aliphatic rings. The van der Waals surface area contributed by atoms with Gasteiger partial charge in [0.15, 0.2) is 0 Å². The monoisotopic (exact) mass is 309 g/mol. The van der Waals surface area contributed by atoms with E-state index in [0.717, 1.165) is 10.7 Å². The van der Waals surface area contributed by atoms with Crippen LogP contribution in [0.25, 0.3) is 0 Å². The van der Waals surface area contributed by atoms with Crippen LogP contribution in [0, 0.1) is 5.92 Å². The van der Waals surface area contributed by atoms with Crippen molar-refractivity contribution < 1.29 is 9.59 Å². The summed E-state index contributed by atoms with van der Waals surface area (Å²) in [6, 6.07) is -0.676. The second kappa shape index (κ2) is 5.75. The number of nitrogens with one attached hydrogen (secondary N) is 1. The van der Waals surface area contributed by atoms with Gasteiger partial charge in [0, 0.05) is 23.8 Å². The predicted octanol–water partition coefficient (Wildman–Crippen LogP) is 2.56. The van der Waals surface area contributed by atoms with Crippen molar-refractivity contribution in [2.45, 2.75) is 52.5 Å². The fraction of sp³-hybridized carbons (Fsp3) is 0.667. The van der Waals surface area contributed by atoms with E-state index in [1.807, 2.05) is 13.8 Å². The Morgan fingerprint density at radius 1 is 1.38 bits per heavy atom. The Bertz CT molecular complexity index is 545. The molecular weight excluding hydrogens is 286 g/mol. The van der Waals surface area contributed by atoms with Crippen LogP contribution >= 0.6 is 11.3 Å². The van der Waals surface area contributed by atoms with Gasteiger partial charge in [0.2, 0.25) is 0 Å². The summed E-state index contributed by atoms with van der Waals surface area (Å²) in [6.45, 7) is 10.6. The molecule has 0 spiro atoms. The van der Waals surface area contributed by atoms with Crippen molar-refractivity contribution in [2.24, 2.45) is 5.92 Å². The highest BCUT2D eigenvalue weighted by atomic mass is 32.1. The fourth-order valence-corrected chi connectivity index (χ4v) is 3.20. The number of rotatable bonds is 4. The molecule has 0 radical (unpaired) electrons. The molecule has 21 heavy (non-hydrogen) atoms. The topological polar surface area (TPSA) is 62.3 Å². The maximum atomic E-state index is 12.2. The Hall–Kier alpha value is -1.43. The van der Waals surface area contributed by atoms with Crippen LogP contribution in [0.2, 0.25) is 0 Å². The lowest BCUT2D eigenvalue weighted by atomic mass is 9.93. The SMILES string of the molecule is CC(C)C1NC(=O)N(CCc2nc(C(C)(C)C)cs2)C1=O. The van der Waals surface area contributed by atoms with Crippen LogP contribution in [0.5, 0.6) is 0 Å². The first-order valence-corrected chi connectivity index (χ1v) is 8.15. The average molecular weight is 309 g/mol. The molecular formula is C15H23N3O2S.